The van der Waals surface area contributed by atoms with Gasteiger partial charge in [0.05, 0.1) is 12.5 Å². The highest BCUT2D eigenvalue weighted by Gasteiger charge is 2.56. The SMILES string of the molecule is CC(C)(C)OC(=O)C1C(CO)(CCc2ccc(O)cc2)CNC1(C)C. The highest BCUT2D eigenvalue weighted by Crippen LogP contribution is 2.45. The molecule has 1 aromatic carbocycles. The van der Waals surface area contributed by atoms with Gasteiger partial charge in [-0.05, 0) is 65.2 Å². The summed E-state index contributed by atoms with van der Waals surface area (Å²) in [6.45, 7) is 10.0. The molecule has 2 atom stereocenters. The van der Waals surface area contributed by atoms with Crippen molar-refractivity contribution in [2.75, 3.05) is 13.2 Å². The Balaban J connectivity index is 2.22. The normalized spacial score (nSPS) is 25.8. The molecule has 0 bridgehead atoms. The van der Waals surface area contributed by atoms with Crippen LogP contribution in [0.1, 0.15) is 46.6 Å². The van der Waals surface area contributed by atoms with E-state index in [0.717, 1.165) is 12.0 Å². The van der Waals surface area contributed by atoms with Gasteiger partial charge in [-0.25, -0.2) is 0 Å². The molecular formula is C20H31NO4. The standard InChI is InChI=1S/C20H31NO4/c1-18(2,3)25-17(24)16-19(4,5)21-12-20(16,13-22)11-10-14-6-8-15(23)9-7-14/h6-9,16,21-23H,10-13H2,1-5H3. The van der Waals surface area contributed by atoms with Crippen LogP contribution in [0.5, 0.6) is 5.75 Å². The number of aliphatic hydroxyl groups is 1. The number of benzene rings is 1. The quantitative estimate of drug-likeness (QED) is 0.712. The van der Waals surface area contributed by atoms with Gasteiger partial charge in [0.1, 0.15) is 11.4 Å². The molecule has 0 amide bonds. The van der Waals surface area contributed by atoms with E-state index in [0.29, 0.717) is 13.0 Å². The van der Waals surface area contributed by atoms with Crippen molar-refractivity contribution in [2.24, 2.45) is 11.3 Å². The summed E-state index contributed by atoms with van der Waals surface area (Å²) in [6, 6.07) is 7.05. The number of phenols is 1. The average Bonchev–Trinajstić information content (AvgIpc) is 2.77. The van der Waals surface area contributed by atoms with E-state index >= 15 is 0 Å². The summed E-state index contributed by atoms with van der Waals surface area (Å²) >= 11 is 0. The number of aryl methyl sites for hydroxylation is 1. The second-order valence-electron chi connectivity index (χ2n) is 8.73. The molecule has 1 aliphatic heterocycles. The van der Waals surface area contributed by atoms with Crippen molar-refractivity contribution in [2.45, 2.75) is 58.6 Å². The highest BCUT2D eigenvalue weighted by atomic mass is 16.6. The van der Waals surface area contributed by atoms with Crippen molar-refractivity contribution in [3.05, 3.63) is 29.8 Å². The van der Waals surface area contributed by atoms with Gasteiger partial charge in [0, 0.05) is 17.5 Å². The van der Waals surface area contributed by atoms with Gasteiger partial charge < -0.3 is 20.3 Å². The third-order valence-corrected chi connectivity index (χ3v) is 5.04. The van der Waals surface area contributed by atoms with E-state index in [1.54, 1.807) is 12.1 Å². The molecule has 1 aliphatic rings. The Morgan fingerprint density at radius 3 is 2.40 bits per heavy atom. The van der Waals surface area contributed by atoms with Crippen molar-refractivity contribution in [3.8, 4) is 5.75 Å². The second kappa shape index (κ2) is 6.96. The van der Waals surface area contributed by atoms with Crippen molar-refractivity contribution < 1.29 is 19.7 Å². The van der Waals surface area contributed by atoms with Gasteiger partial charge in [0.15, 0.2) is 0 Å². The molecule has 1 aromatic rings. The van der Waals surface area contributed by atoms with Gasteiger partial charge in [-0.15, -0.1) is 0 Å². The Labute approximate surface area is 150 Å². The topological polar surface area (TPSA) is 78.8 Å². The summed E-state index contributed by atoms with van der Waals surface area (Å²) in [7, 11) is 0. The summed E-state index contributed by atoms with van der Waals surface area (Å²) in [5.41, 5.74) is -0.504. The van der Waals surface area contributed by atoms with Crippen LogP contribution in [0.15, 0.2) is 24.3 Å². The summed E-state index contributed by atoms with van der Waals surface area (Å²) in [5, 5.41) is 23.0. The molecule has 0 aromatic heterocycles. The van der Waals surface area contributed by atoms with E-state index in [1.165, 1.54) is 0 Å². The van der Waals surface area contributed by atoms with Crippen LogP contribution in [0.3, 0.4) is 0 Å². The maximum atomic E-state index is 12.9. The molecule has 1 heterocycles. The van der Waals surface area contributed by atoms with Crippen LogP contribution in [0.2, 0.25) is 0 Å². The van der Waals surface area contributed by atoms with E-state index in [2.05, 4.69) is 5.32 Å². The van der Waals surface area contributed by atoms with Crippen LogP contribution in [0.25, 0.3) is 0 Å². The predicted octanol–water partition coefficient (Wildman–Crippen LogP) is 2.64. The Morgan fingerprint density at radius 1 is 1.28 bits per heavy atom. The number of aliphatic hydroxyl groups excluding tert-OH is 1. The number of phenolic OH excluding ortho intramolecular Hbond substituents is 1. The van der Waals surface area contributed by atoms with Gasteiger partial charge in [0.25, 0.3) is 0 Å². The summed E-state index contributed by atoms with van der Waals surface area (Å²) in [5.74, 6) is -0.459. The zero-order chi connectivity index (χ0) is 18.9. The number of carbonyl (C=O) groups is 1. The fraction of sp³-hybridized carbons (Fsp3) is 0.650. The first-order chi connectivity index (χ1) is 11.5. The lowest BCUT2D eigenvalue weighted by atomic mass is 9.68. The molecule has 1 saturated heterocycles. The summed E-state index contributed by atoms with van der Waals surface area (Å²) in [6.07, 6.45) is 1.38. The minimum Gasteiger partial charge on any atom is -0.508 e. The molecular weight excluding hydrogens is 318 g/mol. The fourth-order valence-corrected chi connectivity index (χ4v) is 3.79. The van der Waals surface area contributed by atoms with E-state index < -0.39 is 22.5 Å². The Morgan fingerprint density at radius 2 is 1.88 bits per heavy atom. The fourth-order valence-electron chi connectivity index (χ4n) is 3.79. The van der Waals surface area contributed by atoms with Crippen molar-refractivity contribution in [1.29, 1.82) is 0 Å². The molecule has 2 rings (SSSR count). The zero-order valence-electron chi connectivity index (χ0n) is 15.9. The smallest absolute Gasteiger partial charge is 0.312 e. The van der Waals surface area contributed by atoms with E-state index in [4.69, 9.17) is 4.74 Å². The predicted molar refractivity (Wildman–Crippen MR) is 97.4 cm³/mol. The number of rotatable bonds is 5. The number of nitrogens with one attached hydrogen (secondary N) is 1. The molecule has 5 heteroatoms. The maximum Gasteiger partial charge on any atom is 0.312 e. The van der Waals surface area contributed by atoms with E-state index in [-0.39, 0.29) is 18.3 Å². The van der Waals surface area contributed by atoms with Crippen molar-refractivity contribution in [1.82, 2.24) is 5.32 Å². The lowest BCUT2D eigenvalue weighted by Gasteiger charge is -2.38. The molecule has 0 saturated carbocycles. The van der Waals surface area contributed by atoms with Crippen LogP contribution >= 0.6 is 0 Å². The molecule has 1 fully saturated rings. The zero-order valence-corrected chi connectivity index (χ0v) is 15.9. The minimum atomic E-state index is -0.566. The van der Waals surface area contributed by atoms with Crippen LogP contribution in [-0.2, 0) is 16.0 Å². The number of ether oxygens (including phenoxy) is 1. The Bertz CT molecular complexity index is 603. The van der Waals surface area contributed by atoms with Gasteiger partial charge in [0.2, 0.25) is 0 Å². The molecule has 0 spiro atoms. The van der Waals surface area contributed by atoms with Crippen LogP contribution in [0, 0.1) is 11.3 Å². The molecule has 2 unspecified atom stereocenters. The number of aromatic hydroxyl groups is 1. The third-order valence-electron chi connectivity index (χ3n) is 5.04. The molecule has 0 radical (unpaired) electrons. The molecule has 140 valence electrons. The van der Waals surface area contributed by atoms with Gasteiger partial charge in [-0.2, -0.15) is 0 Å². The van der Waals surface area contributed by atoms with E-state index in [1.807, 2.05) is 46.8 Å². The van der Waals surface area contributed by atoms with Gasteiger partial charge >= 0.3 is 5.97 Å². The lowest BCUT2D eigenvalue weighted by molar-refractivity contribution is -0.167. The van der Waals surface area contributed by atoms with Crippen molar-refractivity contribution in [3.63, 3.8) is 0 Å². The van der Waals surface area contributed by atoms with Crippen LogP contribution in [0.4, 0.5) is 0 Å². The molecule has 3 N–H and O–H groups in total. The molecule has 5 nitrogen and oxygen atoms in total. The van der Waals surface area contributed by atoms with Gasteiger partial charge in [-0.1, -0.05) is 12.1 Å². The first kappa shape index (κ1) is 19.7. The Hall–Kier alpha value is -1.59. The number of hydrogen-bond acceptors (Lipinski definition) is 5. The maximum absolute atomic E-state index is 12.9. The van der Waals surface area contributed by atoms with Crippen molar-refractivity contribution >= 4 is 5.97 Å². The highest BCUT2D eigenvalue weighted by molar-refractivity contribution is 5.76. The third kappa shape index (κ3) is 4.53. The lowest BCUT2D eigenvalue weighted by Crippen LogP contribution is -2.48. The first-order valence-corrected chi connectivity index (χ1v) is 8.86. The first-order valence-electron chi connectivity index (χ1n) is 8.86. The number of hydrogen-bond donors (Lipinski definition) is 3. The van der Waals surface area contributed by atoms with Crippen LogP contribution < -0.4 is 5.32 Å². The Kier molecular flexibility index (Phi) is 5.50. The average molecular weight is 349 g/mol. The summed E-state index contributed by atoms with van der Waals surface area (Å²) in [4.78, 5) is 12.9. The van der Waals surface area contributed by atoms with Crippen LogP contribution in [-0.4, -0.2) is 40.5 Å². The van der Waals surface area contributed by atoms with E-state index in [9.17, 15) is 15.0 Å². The second-order valence-corrected chi connectivity index (χ2v) is 8.73. The largest absolute Gasteiger partial charge is 0.508 e. The number of carbonyl (C=O) groups excluding carboxylic acids is 1. The summed E-state index contributed by atoms with van der Waals surface area (Å²) < 4.78 is 5.66. The number of esters is 1. The minimum absolute atomic E-state index is 0.0780. The van der Waals surface area contributed by atoms with Gasteiger partial charge in [-0.3, -0.25) is 4.79 Å². The molecule has 0 aliphatic carbocycles. The monoisotopic (exact) mass is 349 g/mol. The molecule has 25 heavy (non-hydrogen) atoms.